The van der Waals surface area contributed by atoms with E-state index < -0.39 is 0 Å². The van der Waals surface area contributed by atoms with Gasteiger partial charge in [-0.1, -0.05) is 0 Å². The van der Waals surface area contributed by atoms with Crippen molar-refractivity contribution in [2.75, 3.05) is 12.1 Å². The summed E-state index contributed by atoms with van der Waals surface area (Å²) in [5, 5.41) is 2.61. The largest absolute Gasteiger partial charge is 0.454 e. The zero-order valence-corrected chi connectivity index (χ0v) is 8.78. The molecule has 0 spiro atoms. The minimum Gasteiger partial charge on any atom is -0.454 e. The summed E-state index contributed by atoms with van der Waals surface area (Å²) in [6, 6.07) is 5.08. The molecule has 1 aliphatic heterocycles. The highest BCUT2D eigenvalue weighted by Crippen LogP contribution is 2.34. The molecule has 1 aromatic carbocycles. The van der Waals surface area contributed by atoms with Crippen LogP contribution < -0.4 is 14.8 Å². The van der Waals surface area contributed by atoms with Gasteiger partial charge in [0, 0.05) is 11.8 Å². The first-order valence-electron chi connectivity index (χ1n) is 4.84. The average molecular weight is 221 g/mol. The number of hydrogen-bond donors (Lipinski definition) is 1. The predicted molar refractivity (Wildman–Crippen MR) is 56.5 cm³/mol. The van der Waals surface area contributed by atoms with E-state index in [2.05, 4.69) is 5.32 Å². The van der Waals surface area contributed by atoms with Gasteiger partial charge in [-0.2, -0.15) is 0 Å². The van der Waals surface area contributed by atoms with Crippen molar-refractivity contribution in [3.05, 3.63) is 18.2 Å². The van der Waals surface area contributed by atoms with E-state index in [4.69, 9.17) is 9.47 Å². The Morgan fingerprint density at radius 1 is 1.31 bits per heavy atom. The number of rotatable bonds is 3. The Bertz CT molecular complexity index is 442. The molecule has 2 rings (SSSR count). The minimum atomic E-state index is -0.327. The third-order valence-electron chi connectivity index (χ3n) is 2.07. The molecule has 84 valence electrons. The number of carbonyl (C=O) groups is 2. The highest BCUT2D eigenvalue weighted by atomic mass is 16.7. The molecule has 1 aliphatic rings. The zero-order chi connectivity index (χ0) is 11.5. The van der Waals surface area contributed by atoms with Gasteiger partial charge in [0.25, 0.3) is 0 Å². The van der Waals surface area contributed by atoms with E-state index in [1.807, 2.05) is 0 Å². The Morgan fingerprint density at radius 3 is 2.81 bits per heavy atom. The minimum absolute atomic E-state index is 0.117. The third-order valence-corrected chi connectivity index (χ3v) is 2.07. The molecule has 5 nitrogen and oxygen atoms in total. The van der Waals surface area contributed by atoms with Crippen LogP contribution in [0.3, 0.4) is 0 Å². The second-order valence-electron chi connectivity index (χ2n) is 3.50. The Kier molecular flexibility index (Phi) is 2.76. The number of benzene rings is 1. The Hall–Kier alpha value is -2.04. The van der Waals surface area contributed by atoms with Gasteiger partial charge in [-0.15, -0.1) is 0 Å². The first kappa shape index (κ1) is 10.5. The lowest BCUT2D eigenvalue weighted by Crippen LogP contribution is -2.14. The second kappa shape index (κ2) is 4.22. The van der Waals surface area contributed by atoms with Crippen molar-refractivity contribution >= 4 is 17.4 Å². The van der Waals surface area contributed by atoms with Crippen LogP contribution in [0.4, 0.5) is 5.69 Å². The summed E-state index contributed by atoms with van der Waals surface area (Å²) in [5.41, 5.74) is 0.593. The van der Waals surface area contributed by atoms with Gasteiger partial charge in [0.2, 0.25) is 12.7 Å². The number of Topliss-reactive ketones (excluding diaryl/α,β-unsaturated/α-hetero) is 1. The van der Waals surface area contributed by atoms with Gasteiger partial charge in [0.05, 0.1) is 6.42 Å². The smallest absolute Gasteiger partial charge is 0.231 e. The van der Waals surface area contributed by atoms with Crippen LogP contribution in [0.15, 0.2) is 18.2 Å². The van der Waals surface area contributed by atoms with Crippen LogP contribution in [0.1, 0.15) is 13.3 Å². The Balaban J connectivity index is 2.05. The van der Waals surface area contributed by atoms with Gasteiger partial charge in [0.1, 0.15) is 5.78 Å². The Labute approximate surface area is 92.4 Å². The molecule has 0 unspecified atom stereocenters. The van der Waals surface area contributed by atoms with Gasteiger partial charge in [-0.3, -0.25) is 9.59 Å². The van der Waals surface area contributed by atoms with Crippen LogP contribution in [0.25, 0.3) is 0 Å². The fraction of sp³-hybridized carbons (Fsp3) is 0.273. The number of ketones is 1. The summed E-state index contributed by atoms with van der Waals surface area (Å²) >= 11 is 0. The number of ether oxygens (including phenoxy) is 2. The molecule has 1 N–H and O–H groups in total. The summed E-state index contributed by atoms with van der Waals surface area (Å²) in [7, 11) is 0. The summed E-state index contributed by atoms with van der Waals surface area (Å²) in [6.45, 7) is 1.57. The molecule has 0 aromatic heterocycles. The molecule has 0 saturated heterocycles. The molecule has 5 heteroatoms. The van der Waals surface area contributed by atoms with E-state index in [0.29, 0.717) is 17.2 Å². The van der Waals surface area contributed by atoms with E-state index in [1.165, 1.54) is 6.92 Å². The van der Waals surface area contributed by atoms with E-state index >= 15 is 0 Å². The van der Waals surface area contributed by atoms with Crippen molar-refractivity contribution in [3.8, 4) is 11.5 Å². The van der Waals surface area contributed by atoms with Gasteiger partial charge in [-0.05, 0) is 19.1 Å². The molecule has 1 amide bonds. The molecule has 0 radical (unpaired) electrons. The highest BCUT2D eigenvalue weighted by molar-refractivity contribution is 6.03. The maximum Gasteiger partial charge on any atom is 0.231 e. The molecule has 0 fully saturated rings. The fourth-order valence-electron chi connectivity index (χ4n) is 1.41. The van der Waals surface area contributed by atoms with Crippen molar-refractivity contribution in [1.82, 2.24) is 0 Å². The lowest BCUT2D eigenvalue weighted by atomic mass is 10.2. The molecule has 0 aliphatic carbocycles. The molecular formula is C11H11NO4. The van der Waals surface area contributed by atoms with Crippen LogP contribution in [-0.2, 0) is 9.59 Å². The third kappa shape index (κ3) is 2.31. The first-order chi connectivity index (χ1) is 7.65. The van der Waals surface area contributed by atoms with E-state index in [1.54, 1.807) is 18.2 Å². The van der Waals surface area contributed by atoms with Gasteiger partial charge in [-0.25, -0.2) is 0 Å². The molecule has 1 aromatic rings. The molecular weight excluding hydrogens is 210 g/mol. The van der Waals surface area contributed by atoms with Crippen molar-refractivity contribution in [3.63, 3.8) is 0 Å². The summed E-state index contributed by atoms with van der Waals surface area (Å²) < 4.78 is 10.3. The second-order valence-corrected chi connectivity index (χ2v) is 3.50. The predicted octanol–water partition coefficient (Wildman–Crippen LogP) is 1.33. The van der Waals surface area contributed by atoms with E-state index in [0.717, 1.165) is 0 Å². The normalized spacial score (nSPS) is 12.3. The monoisotopic (exact) mass is 221 g/mol. The van der Waals surface area contributed by atoms with E-state index in [9.17, 15) is 9.59 Å². The number of fused-ring (bicyclic) bond motifs is 1. The summed E-state index contributed by atoms with van der Waals surface area (Å²) in [6.07, 6.45) is -0.117. The number of anilines is 1. The van der Waals surface area contributed by atoms with Gasteiger partial charge >= 0.3 is 0 Å². The maximum absolute atomic E-state index is 11.3. The standard InChI is InChI=1S/C11H11NO4/c1-7(13)4-11(14)12-8-2-3-9-10(5-8)16-6-15-9/h2-3,5H,4,6H2,1H3,(H,12,14). The van der Waals surface area contributed by atoms with Crippen LogP contribution in [0, 0.1) is 0 Å². The van der Waals surface area contributed by atoms with Crippen molar-refractivity contribution in [2.24, 2.45) is 0 Å². The fourth-order valence-corrected chi connectivity index (χ4v) is 1.41. The SMILES string of the molecule is CC(=O)CC(=O)Nc1ccc2c(c1)OCO2. The number of nitrogens with one attached hydrogen (secondary N) is 1. The molecule has 0 bridgehead atoms. The molecule has 0 saturated carbocycles. The highest BCUT2D eigenvalue weighted by Gasteiger charge is 2.14. The Morgan fingerprint density at radius 2 is 2.06 bits per heavy atom. The lowest BCUT2D eigenvalue weighted by molar-refractivity contribution is -0.124. The summed E-state index contributed by atoms with van der Waals surface area (Å²) in [4.78, 5) is 22.0. The zero-order valence-electron chi connectivity index (χ0n) is 8.78. The number of carbonyl (C=O) groups excluding carboxylic acids is 2. The van der Waals surface area contributed by atoms with Gasteiger partial charge in [0.15, 0.2) is 11.5 Å². The van der Waals surface area contributed by atoms with Gasteiger partial charge < -0.3 is 14.8 Å². The quantitative estimate of drug-likeness (QED) is 0.782. The van der Waals surface area contributed by atoms with Crippen LogP contribution in [-0.4, -0.2) is 18.5 Å². The number of amides is 1. The molecule has 1 heterocycles. The topological polar surface area (TPSA) is 64.6 Å². The van der Waals surface area contributed by atoms with Crippen molar-refractivity contribution in [1.29, 1.82) is 0 Å². The molecule has 16 heavy (non-hydrogen) atoms. The first-order valence-corrected chi connectivity index (χ1v) is 4.84. The van der Waals surface area contributed by atoms with Crippen LogP contribution in [0.2, 0.25) is 0 Å². The van der Waals surface area contributed by atoms with Crippen LogP contribution >= 0.6 is 0 Å². The van der Waals surface area contributed by atoms with Crippen molar-refractivity contribution in [2.45, 2.75) is 13.3 Å². The van der Waals surface area contributed by atoms with E-state index in [-0.39, 0.29) is 24.9 Å². The molecule has 0 atom stereocenters. The lowest BCUT2D eigenvalue weighted by Gasteiger charge is -2.04. The van der Waals surface area contributed by atoms with Crippen LogP contribution in [0.5, 0.6) is 11.5 Å². The average Bonchev–Trinajstić information content (AvgIpc) is 2.63. The van der Waals surface area contributed by atoms with Crippen molar-refractivity contribution < 1.29 is 19.1 Å². The maximum atomic E-state index is 11.3. The number of hydrogen-bond acceptors (Lipinski definition) is 4. The summed E-state index contributed by atoms with van der Waals surface area (Å²) in [5.74, 6) is 0.759.